The van der Waals surface area contributed by atoms with Gasteiger partial charge in [0.1, 0.15) is 0 Å². The molecule has 12 heteroatoms. The summed E-state index contributed by atoms with van der Waals surface area (Å²) in [5, 5.41) is 0. The largest absolute Gasteiger partial charge is 0.348 e. The zero-order chi connectivity index (χ0) is 14.1. The monoisotopic (exact) mass is 310 g/mol. The van der Waals surface area contributed by atoms with Gasteiger partial charge in [-0.25, -0.2) is 0 Å². The molecular weight excluding hydrogens is 297 g/mol. The lowest BCUT2D eigenvalue weighted by molar-refractivity contribution is 0.313. The lowest BCUT2D eigenvalue weighted by Gasteiger charge is -2.29. The molecule has 0 spiro atoms. The van der Waals surface area contributed by atoms with Crippen molar-refractivity contribution in [2.24, 2.45) is 0 Å². The van der Waals surface area contributed by atoms with Crippen molar-refractivity contribution in [2.75, 3.05) is 0 Å². The van der Waals surface area contributed by atoms with Crippen LogP contribution in [0.2, 0.25) is 0 Å². The van der Waals surface area contributed by atoms with Crippen LogP contribution in [0.25, 0.3) is 0 Å². The number of hydrogen-bond donors (Lipinski definition) is 6. The fourth-order valence-electron chi connectivity index (χ4n) is 0.821. The Kier molecular flexibility index (Phi) is 5.11. The molecule has 0 aromatic carbocycles. The number of rotatable bonds is 5. The molecule has 0 aromatic heterocycles. The summed E-state index contributed by atoms with van der Waals surface area (Å²) < 4.78 is 32.5. The fourth-order valence-corrected chi connectivity index (χ4v) is 3.24. The van der Waals surface area contributed by atoms with Crippen molar-refractivity contribution in [2.45, 2.75) is 18.2 Å². The summed E-state index contributed by atoms with van der Waals surface area (Å²) in [6.45, 7) is 0.651. The van der Waals surface area contributed by atoms with Gasteiger partial charge in [0.2, 0.25) is 0 Å². The van der Waals surface area contributed by atoms with E-state index >= 15 is 0 Å². The lowest BCUT2D eigenvalue weighted by atomic mass is 10.3. The maximum Gasteiger partial charge on any atom is 0.348 e. The Balaban J connectivity index is 5.30. The Labute approximate surface area is 96.7 Å². The minimum Gasteiger partial charge on any atom is -0.324 e. The van der Waals surface area contributed by atoms with E-state index in [0.29, 0.717) is 18.8 Å². The second-order valence-corrected chi connectivity index (χ2v) is 9.46. The van der Waals surface area contributed by atoms with Crippen molar-refractivity contribution < 1.29 is 43.1 Å². The molecule has 0 atom stereocenters. The van der Waals surface area contributed by atoms with E-state index in [4.69, 9.17) is 29.4 Å². The number of allylic oxidation sites excluding steroid dienone is 1. The molecule has 6 N–H and O–H groups in total. The standard InChI is InChI=1S/C5H13O9P3/c1-5(16(9,10)11,17(12,13)14)3-2-4-15(6,7)8/h2,4H,3H2,1H3,(H2,6,7,8)(H2,9,10,11)(H2,12,13,14). The highest BCUT2D eigenvalue weighted by Gasteiger charge is 2.55. The van der Waals surface area contributed by atoms with Gasteiger partial charge in [-0.3, -0.25) is 13.7 Å². The molecule has 0 aliphatic carbocycles. The predicted molar refractivity (Wildman–Crippen MR) is 58.3 cm³/mol. The van der Waals surface area contributed by atoms with Crippen molar-refractivity contribution >= 4 is 22.8 Å². The molecule has 0 amide bonds. The molecule has 0 saturated heterocycles. The second kappa shape index (κ2) is 5.05. The van der Waals surface area contributed by atoms with E-state index in [0.717, 1.165) is 0 Å². The highest BCUT2D eigenvalue weighted by atomic mass is 31.2. The van der Waals surface area contributed by atoms with Crippen molar-refractivity contribution in [3.05, 3.63) is 11.9 Å². The third-order valence-electron chi connectivity index (χ3n) is 2.06. The second-order valence-electron chi connectivity index (χ2n) is 3.48. The van der Waals surface area contributed by atoms with Crippen LogP contribution in [0.5, 0.6) is 0 Å². The zero-order valence-electron chi connectivity index (χ0n) is 8.61. The summed E-state index contributed by atoms with van der Waals surface area (Å²) in [7, 11) is -14.9. The highest BCUT2D eigenvalue weighted by Crippen LogP contribution is 2.70. The van der Waals surface area contributed by atoms with E-state index in [2.05, 4.69) is 0 Å². The first-order valence-corrected chi connectivity index (χ1v) is 8.95. The van der Waals surface area contributed by atoms with Crippen molar-refractivity contribution in [3.8, 4) is 0 Å². The quantitative estimate of drug-likeness (QED) is 0.386. The van der Waals surface area contributed by atoms with Gasteiger partial charge in [0.15, 0.2) is 4.90 Å². The average molecular weight is 310 g/mol. The normalized spacial score (nSPS) is 15.5. The van der Waals surface area contributed by atoms with Crippen molar-refractivity contribution in [1.82, 2.24) is 0 Å². The van der Waals surface area contributed by atoms with Gasteiger partial charge < -0.3 is 29.4 Å². The Morgan fingerprint density at radius 3 is 1.53 bits per heavy atom. The van der Waals surface area contributed by atoms with Crippen molar-refractivity contribution in [1.29, 1.82) is 0 Å². The first-order chi connectivity index (χ1) is 7.21. The summed E-state index contributed by atoms with van der Waals surface area (Å²) in [4.78, 5) is 49.8. The van der Waals surface area contributed by atoms with Crippen LogP contribution in [0.4, 0.5) is 0 Å². The topological polar surface area (TPSA) is 173 Å². The first-order valence-electron chi connectivity index (χ1n) is 4.05. The SMILES string of the molecule is CC(CC=CP(=O)(O)O)(P(=O)(O)O)P(=O)(O)O. The molecule has 0 aromatic rings. The van der Waals surface area contributed by atoms with Gasteiger partial charge in [0.05, 0.1) is 0 Å². The van der Waals surface area contributed by atoms with Gasteiger partial charge >= 0.3 is 22.8 Å². The van der Waals surface area contributed by atoms with E-state index in [-0.39, 0.29) is 0 Å². The molecule has 0 aliphatic heterocycles. The van der Waals surface area contributed by atoms with Crippen molar-refractivity contribution in [3.63, 3.8) is 0 Å². The Bertz CT molecular complexity index is 414. The van der Waals surface area contributed by atoms with E-state index in [1.165, 1.54) is 0 Å². The molecule has 0 radical (unpaired) electrons. The molecule has 0 bridgehead atoms. The van der Waals surface area contributed by atoms with E-state index in [9.17, 15) is 13.7 Å². The molecule has 0 saturated carbocycles. The van der Waals surface area contributed by atoms with Crippen LogP contribution in [-0.2, 0) is 13.7 Å². The molecule has 17 heavy (non-hydrogen) atoms. The third kappa shape index (κ3) is 4.75. The Morgan fingerprint density at radius 2 is 1.29 bits per heavy atom. The fraction of sp³-hybridized carbons (Fsp3) is 0.600. The maximum atomic E-state index is 11.0. The molecule has 102 valence electrons. The first kappa shape index (κ1) is 17.2. The molecule has 0 fully saturated rings. The molecule has 0 rings (SSSR count). The Hall–Kier alpha value is 0.190. The van der Waals surface area contributed by atoms with Gasteiger partial charge in [0.25, 0.3) is 0 Å². The molecular formula is C5H13O9P3. The van der Waals surface area contributed by atoms with Crippen LogP contribution in [0.1, 0.15) is 13.3 Å². The van der Waals surface area contributed by atoms with Gasteiger partial charge in [-0.1, -0.05) is 6.08 Å². The van der Waals surface area contributed by atoms with Gasteiger partial charge in [-0.05, 0) is 13.3 Å². The minimum atomic E-state index is -5.16. The van der Waals surface area contributed by atoms with E-state index < -0.39 is 34.1 Å². The van der Waals surface area contributed by atoms with Crippen LogP contribution in [0.15, 0.2) is 11.9 Å². The van der Waals surface area contributed by atoms with Gasteiger partial charge in [0, 0.05) is 5.82 Å². The summed E-state index contributed by atoms with van der Waals surface area (Å²) in [6, 6.07) is 0. The van der Waals surface area contributed by atoms with Crippen LogP contribution in [0, 0.1) is 0 Å². The molecule has 0 aliphatic rings. The Morgan fingerprint density at radius 1 is 0.941 bits per heavy atom. The maximum absolute atomic E-state index is 11.0. The average Bonchev–Trinajstić information content (AvgIpc) is 1.96. The summed E-state index contributed by atoms with van der Waals surface area (Å²) in [5.74, 6) is 0.330. The van der Waals surface area contributed by atoms with E-state index in [1.54, 1.807) is 0 Å². The highest BCUT2D eigenvalue weighted by molar-refractivity contribution is 7.72. The summed E-state index contributed by atoms with van der Waals surface area (Å²) >= 11 is 0. The van der Waals surface area contributed by atoms with Gasteiger partial charge in [-0.15, -0.1) is 0 Å². The van der Waals surface area contributed by atoms with E-state index in [1.807, 2.05) is 0 Å². The van der Waals surface area contributed by atoms with Crippen LogP contribution < -0.4 is 0 Å². The van der Waals surface area contributed by atoms with Crippen LogP contribution >= 0.6 is 22.8 Å². The molecule has 9 nitrogen and oxygen atoms in total. The van der Waals surface area contributed by atoms with Gasteiger partial charge in [-0.2, -0.15) is 0 Å². The smallest absolute Gasteiger partial charge is 0.324 e. The molecule has 0 unspecified atom stereocenters. The number of hydrogen-bond acceptors (Lipinski definition) is 3. The summed E-state index contributed by atoms with van der Waals surface area (Å²) in [6.07, 6.45) is -0.231. The summed E-state index contributed by atoms with van der Waals surface area (Å²) in [5.41, 5.74) is 0. The molecule has 0 heterocycles. The minimum absolute atomic E-state index is 0.330. The zero-order valence-corrected chi connectivity index (χ0v) is 11.3. The van der Waals surface area contributed by atoms with Crippen LogP contribution in [-0.4, -0.2) is 34.3 Å². The third-order valence-corrected chi connectivity index (χ3v) is 7.10. The lowest BCUT2D eigenvalue weighted by Crippen LogP contribution is -2.24. The van der Waals surface area contributed by atoms with Crippen LogP contribution in [0.3, 0.4) is 0 Å². The predicted octanol–water partition coefficient (Wildman–Crippen LogP) is 0.139.